The van der Waals surface area contributed by atoms with Gasteiger partial charge in [-0.15, -0.1) is 11.3 Å². The van der Waals surface area contributed by atoms with Gasteiger partial charge in [0.1, 0.15) is 4.88 Å². The lowest BCUT2D eigenvalue weighted by Gasteiger charge is -2.33. The summed E-state index contributed by atoms with van der Waals surface area (Å²) in [6.07, 6.45) is 8.85. The molecule has 2 aliphatic rings. The van der Waals surface area contributed by atoms with Crippen molar-refractivity contribution in [2.45, 2.75) is 51.1 Å². The van der Waals surface area contributed by atoms with Gasteiger partial charge < -0.3 is 26.6 Å². The molecule has 2 fully saturated rings. The van der Waals surface area contributed by atoms with Crippen LogP contribution in [-0.2, 0) is 0 Å². The van der Waals surface area contributed by atoms with Crippen LogP contribution in [0.3, 0.4) is 0 Å². The number of primary amides is 1. The number of nitrogens with one attached hydrogen (secondary N) is 3. The van der Waals surface area contributed by atoms with Crippen LogP contribution >= 0.6 is 11.3 Å². The van der Waals surface area contributed by atoms with E-state index < -0.39 is 6.03 Å². The van der Waals surface area contributed by atoms with Crippen molar-refractivity contribution in [3.63, 3.8) is 0 Å². The molecule has 0 aromatic carbocycles. The van der Waals surface area contributed by atoms with Gasteiger partial charge in [0, 0.05) is 37.6 Å². The SMILES string of the molecule is C=C(C)N1CCC(n2cc(C#Cc3cc(NC(N)=O)c(C(=O)N[C@H]4CCCCNC4)s3)cn2)CC1. The lowest BCUT2D eigenvalue weighted by Crippen LogP contribution is -2.40. The van der Waals surface area contributed by atoms with Crippen LogP contribution in [0.1, 0.15) is 65.2 Å². The highest BCUT2D eigenvalue weighted by Gasteiger charge is 2.22. The third-order valence-electron chi connectivity index (χ3n) is 6.39. The predicted molar refractivity (Wildman–Crippen MR) is 138 cm³/mol. The lowest BCUT2D eigenvalue weighted by molar-refractivity contribution is 0.0940. The van der Waals surface area contributed by atoms with Crippen molar-refractivity contribution >= 4 is 29.0 Å². The summed E-state index contributed by atoms with van der Waals surface area (Å²) in [6, 6.07) is 1.38. The van der Waals surface area contributed by atoms with Crippen molar-refractivity contribution in [2.75, 3.05) is 31.5 Å². The molecule has 2 aliphatic heterocycles. The van der Waals surface area contributed by atoms with E-state index in [2.05, 4.69) is 44.4 Å². The van der Waals surface area contributed by atoms with E-state index in [9.17, 15) is 9.59 Å². The first kappa shape index (κ1) is 24.8. The highest BCUT2D eigenvalue weighted by molar-refractivity contribution is 7.15. The zero-order chi connectivity index (χ0) is 24.8. The number of carbonyl (C=O) groups excluding carboxylic acids is 2. The standard InChI is InChI=1S/C25H33N7O2S/c1-17(2)31-11-8-20(9-12-31)32-16-18(14-28-32)6-7-21-13-22(30-25(26)34)23(35-21)24(33)29-19-5-3-4-10-27-15-19/h13-14,16,19-20,27H,1,3-5,8-12,15H2,2H3,(H,29,33)(H3,26,30,34)/t19-/m0/s1. The molecule has 2 aromatic rings. The quantitative estimate of drug-likeness (QED) is 0.476. The van der Waals surface area contributed by atoms with Crippen LogP contribution in [0.4, 0.5) is 10.5 Å². The third kappa shape index (κ3) is 6.65. The molecule has 1 atom stereocenters. The first-order valence-corrected chi connectivity index (χ1v) is 12.9. The summed E-state index contributed by atoms with van der Waals surface area (Å²) in [7, 11) is 0. The second kappa shape index (κ2) is 11.4. The molecular weight excluding hydrogens is 462 g/mol. The normalized spacial score (nSPS) is 18.8. The summed E-state index contributed by atoms with van der Waals surface area (Å²) >= 11 is 1.24. The number of piperidine rings is 1. The van der Waals surface area contributed by atoms with E-state index in [0.29, 0.717) is 21.5 Å². The summed E-state index contributed by atoms with van der Waals surface area (Å²) in [6.45, 7) is 9.73. The van der Waals surface area contributed by atoms with Crippen molar-refractivity contribution in [1.82, 2.24) is 25.3 Å². The Bertz CT molecular complexity index is 1130. The maximum absolute atomic E-state index is 13.0. The number of urea groups is 1. The fourth-order valence-corrected chi connectivity index (χ4v) is 5.36. The van der Waals surface area contributed by atoms with Gasteiger partial charge in [0.25, 0.3) is 5.91 Å². The maximum atomic E-state index is 13.0. The van der Waals surface area contributed by atoms with Crippen molar-refractivity contribution in [3.8, 4) is 11.8 Å². The van der Waals surface area contributed by atoms with E-state index in [0.717, 1.165) is 69.5 Å². The van der Waals surface area contributed by atoms with Crippen LogP contribution < -0.4 is 21.7 Å². The molecular formula is C25H33N7O2S. The highest BCUT2D eigenvalue weighted by Crippen LogP contribution is 2.28. The van der Waals surface area contributed by atoms with E-state index in [1.807, 2.05) is 17.8 Å². The highest BCUT2D eigenvalue weighted by atomic mass is 32.1. The number of hydrogen-bond donors (Lipinski definition) is 4. The summed E-state index contributed by atoms with van der Waals surface area (Å²) in [5, 5.41) is 13.5. The van der Waals surface area contributed by atoms with Gasteiger partial charge >= 0.3 is 6.03 Å². The molecule has 9 nitrogen and oxygen atoms in total. The Hall–Kier alpha value is -3.29. The number of nitrogens with two attached hydrogens (primary N) is 1. The molecule has 10 heteroatoms. The molecule has 0 unspecified atom stereocenters. The second-order valence-electron chi connectivity index (χ2n) is 9.13. The smallest absolute Gasteiger partial charge is 0.316 e. The Kier molecular flexibility index (Phi) is 8.10. The Labute approximate surface area is 210 Å². The molecule has 4 rings (SSSR count). The number of anilines is 1. The Balaban J connectivity index is 1.45. The summed E-state index contributed by atoms with van der Waals surface area (Å²) < 4.78 is 1.99. The van der Waals surface area contributed by atoms with Gasteiger partial charge in [-0.1, -0.05) is 24.8 Å². The molecule has 35 heavy (non-hydrogen) atoms. The summed E-state index contributed by atoms with van der Waals surface area (Å²) in [5.74, 6) is 6.02. The number of hydrogen-bond acceptors (Lipinski definition) is 6. The topological polar surface area (TPSA) is 117 Å². The number of amides is 3. The Morgan fingerprint density at radius 1 is 1.26 bits per heavy atom. The van der Waals surface area contributed by atoms with Crippen molar-refractivity contribution < 1.29 is 9.59 Å². The minimum absolute atomic E-state index is 0.0520. The molecule has 0 bridgehead atoms. The number of thiophene rings is 1. The zero-order valence-electron chi connectivity index (χ0n) is 20.1. The number of rotatable bonds is 5. The Morgan fingerprint density at radius 3 is 2.80 bits per heavy atom. The largest absolute Gasteiger partial charge is 0.375 e. The van der Waals surface area contributed by atoms with Gasteiger partial charge in [0.05, 0.1) is 28.4 Å². The monoisotopic (exact) mass is 495 g/mol. The fourth-order valence-electron chi connectivity index (χ4n) is 4.49. The molecule has 0 aliphatic carbocycles. The average Bonchev–Trinajstić information content (AvgIpc) is 3.38. The van der Waals surface area contributed by atoms with E-state index in [4.69, 9.17) is 5.73 Å². The van der Waals surface area contributed by atoms with Crippen LogP contribution in [0.15, 0.2) is 30.7 Å². The van der Waals surface area contributed by atoms with Crippen LogP contribution in [-0.4, -0.2) is 58.8 Å². The van der Waals surface area contributed by atoms with Gasteiger partial charge in [0.15, 0.2) is 0 Å². The molecule has 2 saturated heterocycles. The van der Waals surface area contributed by atoms with Gasteiger partial charge in [-0.05, 0) is 45.2 Å². The number of nitrogens with zero attached hydrogens (tertiary/aromatic N) is 3. The minimum atomic E-state index is -0.716. The molecule has 0 spiro atoms. The van der Waals surface area contributed by atoms with Crippen LogP contribution in [0, 0.1) is 11.8 Å². The van der Waals surface area contributed by atoms with Gasteiger partial charge in [-0.25, -0.2) is 4.79 Å². The van der Waals surface area contributed by atoms with E-state index in [1.54, 1.807) is 12.3 Å². The average molecular weight is 496 g/mol. The molecule has 2 aromatic heterocycles. The predicted octanol–water partition coefficient (Wildman–Crippen LogP) is 2.88. The van der Waals surface area contributed by atoms with Gasteiger partial charge in [0.2, 0.25) is 0 Å². The van der Waals surface area contributed by atoms with Gasteiger partial charge in [-0.3, -0.25) is 9.48 Å². The second-order valence-corrected chi connectivity index (χ2v) is 10.2. The molecule has 0 radical (unpaired) electrons. The maximum Gasteiger partial charge on any atom is 0.316 e. The minimum Gasteiger partial charge on any atom is -0.375 e. The van der Waals surface area contributed by atoms with Crippen molar-refractivity contribution in [2.24, 2.45) is 5.73 Å². The molecule has 4 heterocycles. The number of carbonyl (C=O) groups is 2. The zero-order valence-corrected chi connectivity index (χ0v) is 20.9. The van der Waals surface area contributed by atoms with E-state index >= 15 is 0 Å². The van der Waals surface area contributed by atoms with E-state index in [-0.39, 0.29) is 11.9 Å². The molecule has 186 valence electrons. The fraction of sp³-hybridized carbons (Fsp3) is 0.480. The Morgan fingerprint density at radius 2 is 2.06 bits per heavy atom. The van der Waals surface area contributed by atoms with Crippen molar-refractivity contribution in [3.05, 3.63) is 46.1 Å². The van der Waals surface area contributed by atoms with Gasteiger partial charge in [-0.2, -0.15) is 5.10 Å². The van der Waals surface area contributed by atoms with E-state index in [1.165, 1.54) is 11.3 Å². The van der Waals surface area contributed by atoms with Crippen LogP contribution in [0.25, 0.3) is 0 Å². The molecule has 0 saturated carbocycles. The number of allylic oxidation sites excluding steroid dienone is 1. The third-order valence-corrected chi connectivity index (χ3v) is 7.44. The van der Waals surface area contributed by atoms with Crippen LogP contribution in [0.2, 0.25) is 0 Å². The first-order valence-electron chi connectivity index (χ1n) is 12.1. The van der Waals surface area contributed by atoms with Crippen LogP contribution in [0.5, 0.6) is 0 Å². The number of aromatic nitrogens is 2. The number of likely N-dealkylation sites (tertiary alicyclic amines) is 1. The summed E-state index contributed by atoms with van der Waals surface area (Å²) in [4.78, 5) is 27.8. The molecule has 3 amide bonds. The first-order chi connectivity index (χ1) is 16.9. The van der Waals surface area contributed by atoms with Crippen molar-refractivity contribution in [1.29, 1.82) is 0 Å². The lowest BCUT2D eigenvalue weighted by atomic mass is 10.1. The summed E-state index contributed by atoms with van der Waals surface area (Å²) in [5.41, 5.74) is 7.62. The molecule has 5 N–H and O–H groups in total.